The summed E-state index contributed by atoms with van der Waals surface area (Å²) in [4.78, 5) is 24.7. The molecule has 0 saturated heterocycles. The molecule has 1 aliphatic carbocycles. The monoisotopic (exact) mass is 332 g/mol. The minimum absolute atomic E-state index is 0.154. The summed E-state index contributed by atoms with van der Waals surface area (Å²) in [5, 5.41) is 15.8. The number of aliphatic hydroxyl groups excluding tert-OH is 1. The van der Waals surface area contributed by atoms with Crippen LogP contribution in [-0.2, 0) is 16.0 Å². The molecule has 0 aliphatic heterocycles. The number of hydrogen-bond donors (Lipinski definition) is 3. The van der Waals surface area contributed by atoms with E-state index in [9.17, 15) is 14.7 Å². The molecule has 1 aromatic rings. The summed E-state index contributed by atoms with van der Waals surface area (Å²) in [6, 6.07) is 8.74. The van der Waals surface area contributed by atoms with E-state index in [2.05, 4.69) is 10.6 Å². The van der Waals surface area contributed by atoms with Crippen LogP contribution in [0.3, 0.4) is 0 Å². The maximum absolute atomic E-state index is 12.5. The molecule has 2 rings (SSSR count). The van der Waals surface area contributed by atoms with Crippen molar-refractivity contribution in [2.24, 2.45) is 0 Å². The lowest BCUT2D eigenvalue weighted by Gasteiger charge is -2.30. The Morgan fingerprint density at radius 1 is 1.21 bits per heavy atom. The van der Waals surface area contributed by atoms with Crippen molar-refractivity contribution < 1.29 is 14.7 Å². The molecule has 1 saturated carbocycles. The zero-order valence-electron chi connectivity index (χ0n) is 14.3. The number of rotatable bonds is 7. The van der Waals surface area contributed by atoms with Gasteiger partial charge in [-0.1, -0.05) is 56.5 Å². The molecular weight excluding hydrogens is 304 g/mol. The first-order chi connectivity index (χ1) is 11.6. The van der Waals surface area contributed by atoms with Crippen molar-refractivity contribution in [2.75, 3.05) is 0 Å². The lowest BCUT2D eigenvalue weighted by Crippen LogP contribution is -2.53. The van der Waals surface area contributed by atoms with Crippen LogP contribution in [0.4, 0.5) is 0 Å². The first-order valence-electron chi connectivity index (χ1n) is 8.92. The molecule has 132 valence electrons. The van der Waals surface area contributed by atoms with Crippen LogP contribution < -0.4 is 10.6 Å². The number of amides is 2. The van der Waals surface area contributed by atoms with E-state index in [1.54, 1.807) is 0 Å². The normalized spacial score (nSPS) is 21.8. The summed E-state index contributed by atoms with van der Waals surface area (Å²) in [7, 11) is 0. The van der Waals surface area contributed by atoms with Crippen molar-refractivity contribution in [3.63, 3.8) is 0 Å². The van der Waals surface area contributed by atoms with E-state index >= 15 is 0 Å². The fraction of sp³-hybridized carbons (Fsp3) is 0.579. The second-order valence-electron chi connectivity index (χ2n) is 6.54. The van der Waals surface area contributed by atoms with Crippen molar-refractivity contribution in [3.8, 4) is 0 Å². The van der Waals surface area contributed by atoms with Gasteiger partial charge in [-0.15, -0.1) is 0 Å². The van der Waals surface area contributed by atoms with Gasteiger partial charge >= 0.3 is 0 Å². The van der Waals surface area contributed by atoms with Crippen LogP contribution in [0.15, 0.2) is 30.3 Å². The molecule has 0 aromatic heterocycles. The van der Waals surface area contributed by atoms with Gasteiger partial charge in [-0.05, 0) is 24.8 Å². The summed E-state index contributed by atoms with van der Waals surface area (Å²) in [5.41, 5.74) is 0.924. The predicted molar refractivity (Wildman–Crippen MR) is 93.4 cm³/mol. The van der Waals surface area contributed by atoms with Crippen LogP contribution in [0.2, 0.25) is 0 Å². The third-order valence-corrected chi connectivity index (χ3v) is 4.49. The second-order valence-corrected chi connectivity index (χ2v) is 6.54. The Balaban J connectivity index is 1.89. The van der Waals surface area contributed by atoms with Gasteiger partial charge in [0, 0.05) is 0 Å². The SMILES string of the molecule is CCCC(NC(=O)Cc1ccccc1)C(=O)NC1CCCCC1O. The van der Waals surface area contributed by atoms with Gasteiger partial charge in [-0.3, -0.25) is 9.59 Å². The highest BCUT2D eigenvalue weighted by molar-refractivity contribution is 5.88. The molecule has 24 heavy (non-hydrogen) atoms. The molecular formula is C19H28N2O3. The van der Waals surface area contributed by atoms with Crippen LogP contribution in [0.5, 0.6) is 0 Å². The predicted octanol–water partition coefficient (Wildman–Crippen LogP) is 1.93. The van der Waals surface area contributed by atoms with Crippen molar-refractivity contribution in [2.45, 2.75) is 70.1 Å². The zero-order chi connectivity index (χ0) is 17.4. The van der Waals surface area contributed by atoms with Crippen LogP contribution in [0, 0.1) is 0 Å². The Hall–Kier alpha value is -1.88. The average molecular weight is 332 g/mol. The maximum Gasteiger partial charge on any atom is 0.242 e. The standard InChI is InChI=1S/C19H28N2O3/c1-2-8-16(19(24)21-15-11-6-7-12-17(15)22)20-18(23)13-14-9-4-3-5-10-14/h3-5,9-10,15-17,22H,2,6-8,11-13H2,1H3,(H,20,23)(H,21,24). The summed E-state index contributed by atoms with van der Waals surface area (Å²) < 4.78 is 0. The zero-order valence-corrected chi connectivity index (χ0v) is 14.3. The minimum atomic E-state index is -0.541. The van der Waals surface area contributed by atoms with Crippen molar-refractivity contribution in [1.29, 1.82) is 0 Å². The fourth-order valence-electron chi connectivity index (χ4n) is 3.15. The lowest BCUT2D eigenvalue weighted by molar-refractivity contribution is -0.130. The Labute approximate surface area is 143 Å². The Kier molecular flexibility index (Phi) is 7.25. The smallest absolute Gasteiger partial charge is 0.242 e. The molecule has 5 heteroatoms. The summed E-state index contributed by atoms with van der Waals surface area (Å²) in [6.07, 6.45) is 4.71. The third-order valence-electron chi connectivity index (χ3n) is 4.49. The minimum Gasteiger partial charge on any atom is -0.391 e. The van der Waals surface area contributed by atoms with Gasteiger partial charge in [0.25, 0.3) is 0 Å². The van der Waals surface area contributed by atoms with E-state index in [-0.39, 0.29) is 24.3 Å². The molecule has 0 spiro atoms. The Morgan fingerprint density at radius 2 is 1.92 bits per heavy atom. The van der Waals surface area contributed by atoms with Crippen LogP contribution in [-0.4, -0.2) is 35.1 Å². The molecule has 5 nitrogen and oxygen atoms in total. The fourth-order valence-corrected chi connectivity index (χ4v) is 3.15. The quantitative estimate of drug-likeness (QED) is 0.714. The van der Waals surface area contributed by atoms with Crippen LogP contribution in [0.1, 0.15) is 51.0 Å². The van der Waals surface area contributed by atoms with Gasteiger partial charge in [0.1, 0.15) is 6.04 Å². The first-order valence-corrected chi connectivity index (χ1v) is 8.92. The second kappa shape index (κ2) is 9.42. The highest BCUT2D eigenvalue weighted by Crippen LogP contribution is 2.18. The molecule has 0 radical (unpaired) electrons. The number of benzene rings is 1. The van der Waals surface area contributed by atoms with Crippen molar-refractivity contribution in [3.05, 3.63) is 35.9 Å². The van der Waals surface area contributed by atoms with Crippen LogP contribution in [0.25, 0.3) is 0 Å². The van der Waals surface area contributed by atoms with E-state index < -0.39 is 12.1 Å². The molecule has 1 aromatic carbocycles. The van der Waals surface area contributed by atoms with E-state index in [4.69, 9.17) is 0 Å². The molecule has 0 heterocycles. The molecule has 0 bridgehead atoms. The number of aliphatic hydroxyl groups is 1. The summed E-state index contributed by atoms with van der Waals surface area (Å²) >= 11 is 0. The molecule has 1 fully saturated rings. The van der Waals surface area contributed by atoms with Gasteiger partial charge in [-0.25, -0.2) is 0 Å². The largest absolute Gasteiger partial charge is 0.391 e. The molecule has 3 unspecified atom stereocenters. The first kappa shape index (κ1) is 18.5. The Morgan fingerprint density at radius 3 is 2.58 bits per heavy atom. The highest BCUT2D eigenvalue weighted by Gasteiger charge is 2.28. The van der Waals surface area contributed by atoms with E-state index in [1.807, 2.05) is 37.3 Å². The van der Waals surface area contributed by atoms with Crippen molar-refractivity contribution in [1.82, 2.24) is 10.6 Å². The highest BCUT2D eigenvalue weighted by atomic mass is 16.3. The summed E-state index contributed by atoms with van der Waals surface area (Å²) in [5.74, 6) is -0.344. The lowest BCUT2D eigenvalue weighted by atomic mass is 9.92. The number of carbonyl (C=O) groups is 2. The van der Waals surface area contributed by atoms with Gasteiger partial charge in [0.05, 0.1) is 18.6 Å². The van der Waals surface area contributed by atoms with Gasteiger partial charge in [0.15, 0.2) is 0 Å². The van der Waals surface area contributed by atoms with Gasteiger partial charge in [-0.2, -0.15) is 0 Å². The molecule has 1 aliphatic rings. The Bertz CT molecular complexity index is 533. The summed E-state index contributed by atoms with van der Waals surface area (Å²) in [6.45, 7) is 1.99. The van der Waals surface area contributed by atoms with Gasteiger partial charge < -0.3 is 15.7 Å². The molecule has 3 atom stereocenters. The third kappa shape index (κ3) is 5.64. The maximum atomic E-state index is 12.5. The van der Waals surface area contributed by atoms with E-state index in [0.29, 0.717) is 6.42 Å². The van der Waals surface area contributed by atoms with Gasteiger partial charge in [0.2, 0.25) is 11.8 Å². The van der Waals surface area contributed by atoms with E-state index in [0.717, 1.165) is 37.7 Å². The topological polar surface area (TPSA) is 78.4 Å². The molecule has 2 amide bonds. The number of hydrogen-bond acceptors (Lipinski definition) is 3. The number of carbonyl (C=O) groups excluding carboxylic acids is 2. The average Bonchev–Trinajstić information content (AvgIpc) is 2.57. The van der Waals surface area contributed by atoms with Crippen LogP contribution >= 0.6 is 0 Å². The molecule has 3 N–H and O–H groups in total. The van der Waals surface area contributed by atoms with Crippen molar-refractivity contribution >= 4 is 11.8 Å². The van der Waals surface area contributed by atoms with E-state index in [1.165, 1.54) is 0 Å². The number of nitrogens with one attached hydrogen (secondary N) is 2.